The molecule has 0 unspecified atom stereocenters. The molecular formula is C20H13I2N3O2. The smallest absolute Gasteiger partial charge is 0.259 e. The van der Waals surface area contributed by atoms with Crippen LogP contribution in [0.4, 0.5) is 22.7 Å². The van der Waals surface area contributed by atoms with Gasteiger partial charge in [-0.15, -0.1) is 0 Å². The minimum absolute atomic E-state index is 0.374. The first-order valence-corrected chi connectivity index (χ1v) is 10.2. The number of carbonyl (C=O) groups is 2. The topological polar surface area (TPSA) is 70.2 Å². The van der Waals surface area contributed by atoms with Crippen LogP contribution in [0.25, 0.3) is 0 Å². The zero-order chi connectivity index (χ0) is 19.0. The van der Waals surface area contributed by atoms with Crippen LogP contribution in [-0.4, -0.2) is 11.8 Å². The summed E-state index contributed by atoms with van der Waals surface area (Å²) in [5.74, 6) is -0.747. The zero-order valence-corrected chi connectivity index (χ0v) is 18.2. The number of hydrogen-bond acceptors (Lipinski definition) is 4. The number of benzene rings is 3. The second-order valence-electron chi connectivity index (χ2n) is 6.00. The summed E-state index contributed by atoms with van der Waals surface area (Å²) in [5.41, 5.74) is 4.00. The molecule has 1 heterocycles. The van der Waals surface area contributed by atoms with Crippen LogP contribution >= 0.6 is 45.2 Å². The van der Waals surface area contributed by atoms with E-state index in [0.29, 0.717) is 11.1 Å². The van der Waals surface area contributed by atoms with Crippen LogP contribution in [0, 0.1) is 7.14 Å². The number of carbonyl (C=O) groups excluding carboxylic acids is 2. The van der Waals surface area contributed by atoms with Gasteiger partial charge in [-0.05, 0) is 93.7 Å². The van der Waals surface area contributed by atoms with E-state index in [9.17, 15) is 9.59 Å². The van der Waals surface area contributed by atoms with Gasteiger partial charge in [0.15, 0.2) is 0 Å². The van der Waals surface area contributed by atoms with Gasteiger partial charge in [-0.3, -0.25) is 14.9 Å². The van der Waals surface area contributed by atoms with Gasteiger partial charge >= 0.3 is 0 Å². The van der Waals surface area contributed by atoms with Gasteiger partial charge in [0.1, 0.15) is 0 Å². The van der Waals surface area contributed by atoms with Crippen molar-refractivity contribution in [1.82, 2.24) is 5.32 Å². The fraction of sp³-hybridized carbons (Fsp3) is 0. The highest BCUT2D eigenvalue weighted by molar-refractivity contribution is 14.1. The Morgan fingerprint density at radius 3 is 1.52 bits per heavy atom. The minimum atomic E-state index is -0.374. The highest BCUT2D eigenvalue weighted by atomic mass is 127. The Morgan fingerprint density at radius 2 is 1.11 bits per heavy atom. The Balaban J connectivity index is 1.78. The second-order valence-corrected chi connectivity index (χ2v) is 8.49. The number of imide groups is 1. The van der Waals surface area contributed by atoms with Crippen molar-refractivity contribution in [2.45, 2.75) is 0 Å². The van der Waals surface area contributed by atoms with Crippen LogP contribution in [0.5, 0.6) is 0 Å². The lowest BCUT2D eigenvalue weighted by Gasteiger charge is -2.16. The van der Waals surface area contributed by atoms with Crippen LogP contribution in [0.1, 0.15) is 20.7 Å². The summed E-state index contributed by atoms with van der Waals surface area (Å²) < 4.78 is 2.19. The van der Waals surface area contributed by atoms with Crippen LogP contribution < -0.4 is 16.0 Å². The van der Waals surface area contributed by atoms with E-state index in [0.717, 1.165) is 29.9 Å². The summed E-state index contributed by atoms with van der Waals surface area (Å²) >= 11 is 4.50. The van der Waals surface area contributed by atoms with Gasteiger partial charge in [0.25, 0.3) is 11.8 Å². The van der Waals surface area contributed by atoms with Gasteiger partial charge in [-0.2, -0.15) is 0 Å². The molecule has 0 spiro atoms. The molecule has 27 heavy (non-hydrogen) atoms. The standard InChI is InChI=1S/C20H13I2N3O2/c21-11-3-1-5-13(7-11)23-17-9-15-16(20(27)25-19(15)26)10-18(17)24-14-6-2-4-12(22)8-14/h1-10,23-24H,(H,25,26,27). The molecule has 0 aromatic heterocycles. The van der Waals surface area contributed by atoms with Gasteiger partial charge in [-0.25, -0.2) is 0 Å². The Hall–Kier alpha value is -2.14. The van der Waals surface area contributed by atoms with Crippen molar-refractivity contribution >= 4 is 79.7 Å². The normalized spacial score (nSPS) is 12.5. The first kappa shape index (κ1) is 18.2. The zero-order valence-electron chi connectivity index (χ0n) is 13.8. The summed E-state index contributed by atoms with van der Waals surface area (Å²) in [6.45, 7) is 0. The van der Waals surface area contributed by atoms with Crippen LogP contribution in [-0.2, 0) is 0 Å². The molecule has 3 N–H and O–H groups in total. The van der Waals surface area contributed by atoms with Crippen molar-refractivity contribution in [3.8, 4) is 0 Å². The third kappa shape index (κ3) is 3.93. The summed E-state index contributed by atoms with van der Waals surface area (Å²) in [4.78, 5) is 24.1. The third-order valence-electron chi connectivity index (χ3n) is 4.08. The molecule has 5 nitrogen and oxygen atoms in total. The molecule has 4 rings (SSSR count). The maximum atomic E-state index is 12.1. The maximum absolute atomic E-state index is 12.1. The van der Waals surface area contributed by atoms with Crippen molar-refractivity contribution in [2.75, 3.05) is 10.6 Å². The van der Waals surface area contributed by atoms with Gasteiger partial charge in [-0.1, -0.05) is 12.1 Å². The fourth-order valence-corrected chi connectivity index (χ4v) is 3.95. The van der Waals surface area contributed by atoms with E-state index in [1.54, 1.807) is 12.1 Å². The Bertz CT molecular complexity index is 998. The molecular weight excluding hydrogens is 568 g/mol. The van der Waals surface area contributed by atoms with E-state index in [2.05, 4.69) is 61.1 Å². The number of nitrogens with one attached hydrogen (secondary N) is 3. The number of fused-ring (bicyclic) bond motifs is 1. The van der Waals surface area contributed by atoms with Crippen molar-refractivity contribution < 1.29 is 9.59 Å². The van der Waals surface area contributed by atoms with Gasteiger partial charge in [0.2, 0.25) is 0 Å². The maximum Gasteiger partial charge on any atom is 0.259 e. The molecule has 1 aliphatic heterocycles. The average Bonchev–Trinajstić information content (AvgIpc) is 2.89. The van der Waals surface area contributed by atoms with Crippen molar-refractivity contribution in [2.24, 2.45) is 0 Å². The number of rotatable bonds is 4. The molecule has 0 saturated heterocycles. The van der Waals surface area contributed by atoms with E-state index < -0.39 is 0 Å². The summed E-state index contributed by atoms with van der Waals surface area (Å²) in [6.07, 6.45) is 0. The third-order valence-corrected chi connectivity index (χ3v) is 5.42. The summed E-state index contributed by atoms with van der Waals surface area (Å²) in [5, 5.41) is 9.05. The first-order valence-electron chi connectivity index (χ1n) is 8.08. The molecule has 3 aromatic rings. The molecule has 0 saturated carbocycles. The van der Waals surface area contributed by atoms with Crippen LogP contribution in [0.2, 0.25) is 0 Å². The number of hydrogen-bond donors (Lipinski definition) is 3. The molecule has 0 bridgehead atoms. The monoisotopic (exact) mass is 581 g/mol. The highest BCUT2D eigenvalue weighted by Crippen LogP contribution is 2.34. The lowest BCUT2D eigenvalue weighted by molar-refractivity contribution is 0.0879. The molecule has 0 aliphatic carbocycles. The SMILES string of the molecule is O=C1NC(=O)c2cc(Nc3cccc(I)c3)c(Nc3cccc(I)c3)cc21. The van der Waals surface area contributed by atoms with E-state index in [-0.39, 0.29) is 11.8 Å². The molecule has 3 aromatic carbocycles. The average molecular weight is 581 g/mol. The molecule has 7 heteroatoms. The number of amides is 2. The van der Waals surface area contributed by atoms with Gasteiger partial charge < -0.3 is 10.6 Å². The molecule has 0 fully saturated rings. The quantitative estimate of drug-likeness (QED) is 0.291. The summed E-state index contributed by atoms with van der Waals surface area (Å²) in [7, 11) is 0. The van der Waals surface area contributed by atoms with E-state index in [1.165, 1.54) is 0 Å². The minimum Gasteiger partial charge on any atom is -0.354 e. The molecule has 0 radical (unpaired) electrons. The predicted octanol–water partition coefficient (Wildman–Crippen LogP) is 5.27. The summed E-state index contributed by atoms with van der Waals surface area (Å²) in [6, 6.07) is 19.3. The first-order chi connectivity index (χ1) is 13.0. The lowest BCUT2D eigenvalue weighted by Crippen LogP contribution is -2.19. The predicted molar refractivity (Wildman–Crippen MR) is 123 cm³/mol. The Morgan fingerprint density at radius 1 is 0.667 bits per heavy atom. The van der Waals surface area contributed by atoms with Crippen molar-refractivity contribution in [3.05, 3.63) is 78.9 Å². The van der Waals surface area contributed by atoms with Gasteiger partial charge in [0.05, 0.1) is 22.5 Å². The van der Waals surface area contributed by atoms with E-state index in [4.69, 9.17) is 0 Å². The Labute approximate surface area is 183 Å². The van der Waals surface area contributed by atoms with E-state index in [1.807, 2.05) is 48.5 Å². The number of anilines is 4. The molecule has 2 amide bonds. The fourth-order valence-electron chi connectivity index (χ4n) is 2.86. The Kier molecular flexibility index (Phi) is 5.04. The largest absolute Gasteiger partial charge is 0.354 e. The lowest BCUT2D eigenvalue weighted by atomic mass is 10.1. The highest BCUT2D eigenvalue weighted by Gasteiger charge is 2.28. The number of halogens is 2. The van der Waals surface area contributed by atoms with Crippen molar-refractivity contribution in [1.29, 1.82) is 0 Å². The van der Waals surface area contributed by atoms with Crippen LogP contribution in [0.15, 0.2) is 60.7 Å². The van der Waals surface area contributed by atoms with Gasteiger partial charge in [0, 0.05) is 18.5 Å². The molecule has 134 valence electrons. The molecule has 0 atom stereocenters. The van der Waals surface area contributed by atoms with Crippen molar-refractivity contribution in [3.63, 3.8) is 0 Å². The van der Waals surface area contributed by atoms with Crippen LogP contribution in [0.3, 0.4) is 0 Å². The molecule has 1 aliphatic rings. The second kappa shape index (κ2) is 7.47. The van der Waals surface area contributed by atoms with E-state index >= 15 is 0 Å².